The molecule has 1 aliphatic rings. The molecule has 122 valence electrons. The number of aromatic nitrogens is 4. The second-order valence-corrected chi connectivity index (χ2v) is 6.21. The Morgan fingerprint density at radius 1 is 1.35 bits per heavy atom. The molecule has 0 N–H and O–H groups in total. The van der Waals surface area contributed by atoms with Gasteiger partial charge in [0.2, 0.25) is 5.91 Å². The summed E-state index contributed by atoms with van der Waals surface area (Å²) in [6.45, 7) is 6.18. The van der Waals surface area contributed by atoms with E-state index in [0.717, 1.165) is 43.0 Å². The van der Waals surface area contributed by atoms with Crippen molar-refractivity contribution in [2.24, 2.45) is 0 Å². The highest BCUT2D eigenvalue weighted by Gasteiger charge is 2.25. The van der Waals surface area contributed by atoms with Crippen LogP contribution in [0.2, 0.25) is 0 Å². The Hall–Kier alpha value is -2.24. The number of piperidine rings is 1. The molecule has 0 aromatic carbocycles. The minimum Gasteiger partial charge on any atom is -0.342 e. The summed E-state index contributed by atoms with van der Waals surface area (Å²) >= 11 is 0. The van der Waals surface area contributed by atoms with Crippen molar-refractivity contribution < 1.29 is 4.79 Å². The van der Waals surface area contributed by atoms with E-state index in [4.69, 9.17) is 0 Å². The van der Waals surface area contributed by atoms with Gasteiger partial charge in [-0.25, -0.2) is 0 Å². The Balaban J connectivity index is 1.59. The van der Waals surface area contributed by atoms with E-state index in [1.807, 2.05) is 35.7 Å². The average molecular weight is 313 g/mol. The van der Waals surface area contributed by atoms with Gasteiger partial charge in [0.25, 0.3) is 0 Å². The molecule has 6 nitrogen and oxygen atoms in total. The fraction of sp³-hybridized carbons (Fsp3) is 0.529. The highest BCUT2D eigenvalue weighted by atomic mass is 16.2. The molecule has 0 aliphatic carbocycles. The van der Waals surface area contributed by atoms with Gasteiger partial charge in [0.1, 0.15) is 0 Å². The Labute approximate surface area is 136 Å². The van der Waals surface area contributed by atoms with Crippen LogP contribution in [0, 0.1) is 13.8 Å². The number of carbonyl (C=O) groups is 1. The van der Waals surface area contributed by atoms with E-state index in [1.54, 1.807) is 12.4 Å². The SMILES string of the molecule is Cc1cncc([C@@H]2CCCN(C(=O)CCn3nccc3C)C2)n1. The van der Waals surface area contributed by atoms with Crippen LogP contribution in [0.4, 0.5) is 0 Å². The van der Waals surface area contributed by atoms with Crippen molar-refractivity contribution in [2.45, 2.75) is 45.6 Å². The van der Waals surface area contributed by atoms with Gasteiger partial charge in [-0.15, -0.1) is 0 Å². The molecule has 2 aromatic rings. The maximum absolute atomic E-state index is 12.5. The zero-order valence-electron chi connectivity index (χ0n) is 13.8. The molecule has 6 heteroatoms. The standard InChI is InChI=1S/C17H23N5O/c1-13-10-18-11-16(20-13)15-4-3-8-21(12-15)17(23)6-9-22-14(2)5-7-19-22/h5,7,10-11,15H,3-4,6,8-9,12H2,1-2H3/t15-/m1/s1. The molecule has 0 spiro atoms. The van der Waals surface area contributed by atoms with Gasteiger partial charge in [0.15, 0.2) is 0 Å². The summed E-state index contributed by atoms with van der Waals surface area (Å²) in [5, 5.41) is 4.23. The normalized spacial score (nSPS) is 18.2. The summed E-state index contributed by atoms with van der Waals surface area (Å²) in [6.07, 6.45) is 7.95. The Morgan fingerprint density at radius 2 is 2.22 bits per heavy atom. The number of carbonyl (C=O) groups excluding carboxylic acids is 1. The molecule has 0 radical (unpaired) electrons. The van der Waals surface area contributed by atoms with Gasteiger partial charge in [0.05, 0.1) is 11.4 Å². The molecule has 23 heavy (non-hydrogen) atoms. The number of likely N-dealkylation sites (tertiary alicyclic amines) is 1. The molecular formula is C17H23N5O. The molecule has 0 saturated carbocycles. The molecule has 0 unspecified atom stereocenters. The summed E-state index contributed by atoms with van der Waals surface area (Å²) in [4.78, 5) is 23.3. The van der Waals surface area contributed by atoms with Crippen molar-refractivity contribution in [3.05, 3.63) is 41.7 Å². The summed E-state index contributed by atoms with van der Waals surface area (Å²) < 4.78 is 1.88. The number of hydrogen-bond donors (Lipinski definition) is 0. The molecular weight excluding hydrogens is 290 g/mol. The monoisotopic (exact) mass is 313 g/mol. The maximum atomic E-state index is 12.5. The highest BCUT2D eigenvalue weighted by Crippen LogP contribution is 2.25. The number of amides is 1. The van der Waals surface area contributed by atoms with Crippen LogP contribution in [0.15, 0.2) is 24.7 Å². The zero-order chi connectivity index (χ0) is 16.2. The molecule has 3 rings (SSSR count). The van der Waals surface area contributed by atoms with Crippen LogP contribution in [-0.2, 0) is 11.3 Å². The number of aryl methyl sites for hydroxylation is 3. The maximum Gasteiger partial charge on any atom is 0.224 e. The number of rotatable bonds is 4. The van der Waals surface area contributed by atoms with E-state index in [0.29, 0.717) is 18.9 Å². The van der Waals surface area contributed by atoms with E-state index in [2.05, 4.69) is 15.1 Å². The van der Waals surface area contributed by atoms with Crippen LogP contribution in [0.3, 0.4) is 0 Å². The molecule has 3 heterocycles. The second kappa shape index (κ2) is 6.89. The van der Waals surface area contributed by atoms with Crippen molar-refractivity contribution in [1.29, 1.82) is 0 Å². The second-order valence-electron chi connectivity index (χ2n) is 6.21. The van der Waals surface area contributed by atoms with Gasteiger partial charge in [-0.1, -0.05) is 0 Å². The van der Waals surface area contributed by atoms with Gasteiger partial charge in [-0.05, 0) is 32.8 Å². The van der Waals surface area contributed by atoms with Gasteiger partial charge < -0.3 is 4.90 Å². The van der Waals surface area contributed by atoms with Crippen molar-refractivity contribution >= 4 is 5.91 Å². The lowest BCUT2D eigenvalue weighted by Gasteiger charge is -2.32. The molecule has 0 bridgehead atoms. The topological polar surface area (TPSA) is 63.9 Å². The lowest BCUT2D eigenvalue weighted by molar-refractivity contribution is -0.132. The van der Waals surface area contributed by atoms with Crippen LogP contribution < -0.4 is 0 Å². The minimum absolute atomic E-state index is 0.199. The minimum atomic E-state index is 0.199. The van der Waals surface area contributed by atoms with Gasteiger partial charge >= 0.3 is 0 Å². The molecule has 1 aliphatic heterocycles. The van der Waals surface area contributed by atoms with Crippen LogP contribution >= 0.6 is 0 Å². The third-order valence-electron chi connectivity index (χ3n) is 4.43. The Morgan fingerprint density at radius 3 is 2.96 bits per heavy atom. The summed E-state index contributed by atoms with van der Waals surface area (Å²) in [6, 6.07) is 1.96. The van der Waals surface area contributed by atoms with Crippen LogP contribution in [0.5, 0.6) is 0 Å². The first-order valence-corrected chi connectivity index (χ1v) is 8.18. The third kappa shape index (κ3) is 3.75. The van der Waals surface area contributed by atoms with E-state index < -0.39 is 0 Å². The Bertz CT molecular complexity index is 681. The van der Waals surface area contributed by atoms with E-state index in [9.17, 15) is 4.79 Å². The predicted molar refractivity (Wildman–Crippen MR) is 86.9 cm³/mol. The lowest BCUT2D eigenvalue weighted by Crippen LogP contribution is -2.39. The molecule has 1 amide bonds. The van der Waals surface area contributed by atoms with Crippen molar-refractivity contribution in [2.75, 3.05) is 13.1 Å². The Kier molecular flexibility index (Phi) is 4.69. The molecule has 1 saturated heterocycles. The fourth-order valence-electron chi connectivity index (χ4n) is 3.12. The smallest absolute Gasteiger partial charge is 0.224 e. The molecule has 2 aromatic heterocycles. The fourth-order valence-corrected chi connectivity index (χ4v) is 3.12. The van der Waals surface area contributed by atoms with E-state index in [1.165, 1.54) is 0 Å². The van der Waals surface area contributed by atoms with Gasteiger partial charge in [0, 0.05) is 56.3 Å². The predicted octanol–water partition coefficient (Wildman–Crippen LogP) is 2.09. The van der Waals surface area contributed by atoms with Crippen molar-refractivity contribution in [3.63, 3.8) is 0 Å². The quantitative estimate of drug-likeness (QED) is 0.867. The number of nitrogens with zero attached hydrogens (tertiary/aromatic N) is 5. The molecule has 1 atom stereocenters. The molecule has 1 fully saturated rings. The first kappa shape index (κ1) is 15.6. The summed E-state index contributed by atoms with van der Waals surface area (Å²) in [5.41, 5.74) is 3.02. The van der Waals surface area contributed by atoms with Gasteiger partial charge in [-0.2, -0.15) is 5.10 Å². The highest BCUT2D eigenvalue weighted by molar-refractivity contribution is 5.76. The van der Waals surface area contributed by atoms with E-state index >= 15 is 0 Å². The van der Waals surface area contributed by atoms with Crippen LogP contribution in [0.25, 0.3) is 0 Å². The largest absolute Gasteiger partial charge is 0.342 e. The summed E-state index contributed by atoms with van der Waals surface area (Å²) in [5.74, 6) is 0.497. The first-order valence-electron chi connectivity index (χ1n) is 8.18. The van der Waals surface area contributed by atoms with Gasteiger partial charge in [-0.3, -0.25) is 19.4 Å². The van der Waals surface area contributed by atoms with Crippen molar-refractivity contribution in [1.82, 2.24) is 24.6 Å². The summed E-state index contributed by atoms with van der Waals surface area (Å²) in [7, 11) is 0. The van der Waals surface area contributed by atoms with Crippen LogP contribution in [0.1, 0.15) is 42.3 Å². The zero-order valence-corrected chi connectivity index (χ0v) is 13.8. The third-order valence-corrected chi connectivity index (χ3v) is 4.43. The van der Waals surface area contributed by atoms with Crippen LogP contribution in [-0.4, -0.2) is 43.6 Å². The van der Waals surface area contributed by atoms with Crippen molar-refractivity contribution in [3.8, 4) is 0 Å². The lowest BCUT2D eigenvalue weighted by atomic mass is 9.94. The van der Waals surface area contributed by atoms with E-state index in [-0.39, 0.29) is 5.91 Å². The number of hydrogen-bond acceptors (Lipinski definition) is 4. The first-order chi connectivity index (χ1) is 11.1. The average Bonchev–Trinajstić information content (AvgIpc) is 2.98.